The van der Waals surface area contributed by atoms with Crippen LogP contribution >= 0.6 is 0 Å². The van der Waals surface area contributed by atoms with Crippen LogP contribution in [0.15, 0.2) is 205 Å². The van der Waals surface area contributed by atoms with E-state index < -0.39 is 0 Å². The molecule has 0 radical (unpaired) electrons. The number of anilines is 3. The number of hydrogen-bond acceptors (Lipinski definition) is 2. The fourth-order valence-electron chi connectivity index (χ4n) is 9.44. The van der Waals surface area contributed by atoms with Crippen molar-refractivity contribution in [1.29, 1.82) is 0 Å². The second-order valence-corrected chi connectivity index (χ2v) is 15.6. The summed E-state index contributed by atoms with van der Waals surface area (Å²) in [6.07, 6.45) is 0. The Balaban J connectivity index is 1.19. The number of para-hydroxylation sites is 2. The Hall–Kier alpha value is -7.16. The summed E-state index contributed by atoms with van der Waals surface area (Å²) in [6.45, 7) is 4.78. The van der Waals surface area contributed by atoms with Gasteiger partial charge in [0.2, 0.25) is 0 Å². The Morgan fingerprint density at radius 2 is 0.912 bits per heavy atom. The molecular weight excluding hydrogens is 691 g/mol. The largest absolute Gasteiger partial charge is 0.455 e. The van der Waals surface area contributed by atoms with Crippen LogP contribution in [0.25, 0.3) is 77.2 Å². The maximum absolute atomic E-state index is 6.49. The van der Waals surface area contributed by atoms with Gasteiger partial charge in [-0.2, -0.15) is 0 Å². The first-order valence-electron chi connectivity index (χ1n) is 19.8. The summed E-state index contributed by atoms with van der Waals surface area (Å²) in [5.74, 6) is 0. The third kappa shape index (κ3) is 5.18. The lowest BCUT2D eigenvalue weighted by atomic mass is 9.78. The Morgan fingerprint density at radius 3 is 1.63 bits per heavy atom. The third-order valence-electron chi connectivity index (χ3n) is 12.0. The Labute approximate surface area is 332 Å². The van der Waals surface area contributed by atoms with Crippen molar-refractivity contribution in [3.63, 3.8) is 0 Å². The van der Waals surface area contributed by atoms with Crippen LogP contribution in [0.3, 0.4) is 0 Å². The van der Waals surface area contributed by atoms with E-state index in [1.165, 1.54) is 61.0 Å². The first-order chi connectivity index (χ1) is 28.1. The van der Waals surface area contributed by atoms with Gasteiger partial charge in [0, 0.05) is 44.1 Å². The van der Waals surface area contributed by atoms with Gasteiger partial charge in [0.05, 0.1) is 5.69 Å². The van der Waals surface area contributed by atoms with Crippen LogP contribution in [0, 0.1) is 0 Å². The summed E-state index contributed by atoms with van der Waals surface area (Å²) in [4.78, 5) is 2.49. The summed E-state index contributed by atoms with van der Waals surface area (Å²) in [7, 11) is 0. The van der Waals surface area contributed by atoms with Crippen LogP contribution in [0.5, 0.6) is 0 Å². The molecule has 0 spiro atoms. The number of furan rings is 1. The highest BCUT2D eigenvalue weighted by Gasteiger charge is 2.40. The first kappa shape index (κ1) is 33.2. The molecule has 2 nitrogen and oxygen atoms in total. The molecule has 0 amide bonds. The molecule has 9 aromatic carbocycles. The van der Waals surface area contributed by atoms with Crippen molar-refractivity contribution in [3.05, 3.63) is 211 Å². The number of hydrogen-bond donors (Lipinski definition) is 0. The molecule has 2 heteroatoms. The fourth-order valence-corrected chi connectivity index (χ4v) is 9.44. The smallest absolute Gasteiger partial charge is 0.143 e. The molecular formula is C55H39NO. The Kier molecular flexibility index (Phi) is 7.55. The Bertz CT molecular complexity index is 3120. The van der Waals surface area contributed by atoms with Gasteiger partial charge in [-0.25, -0.2) is 0 Å². The van der Waals surface area contributed by atoms with E-state index in [0.717, 1.165) is 44.4 Å². The van der Waals surface area contributed by atoms with Crippen molar-refractivity contribution in [2.24, 2.45) is 0 Å². The molecule has 0 aliphatic heterocycles. The molecule has 270 valence electrons. The summed E-state index contributed by atoms with van der Waals surface area (Å²) in [5, 5.41) is 4.77. The number of rotatable bonds is 6. The zero-order valence-corrected chi connectivity index (χ0v) is 31.9. The fraction of sp³-hybridized carbons (Fsp3) is 0.0545. The SMILES string of the molecule is CC1(C)c2ccccc2-c2c(-c3ccccc3)c(N(c3ccc(-c4ccccc4)cc3)c3ccc(-c4cccc5c4oc4ccccc45)cc3)c3ccccc3c21. The van der Waals surface area contributed by atoms with Gasteiger partial charge < -0.3 is 9.32 Å². The minimum absolute atomic E-state index is 0.185. The monoisotopic (exact) mass is 729 g/mol. The first-order valence-corrected chi connectivity index (χ1v) is 19.8. The molecule has 0 bridgehead atoms. The zero-order chi connectivity index (χ0) is 38.1. The molecule has 1 heterocycles. The van der Waals surface area contributed by atoms with Gasteiger partial charge in [-0.15, -0.1) is 0 Å². The molecule has 0 fully saturated rings. The minimum atomic E-state index is -0.185. The second kappa shape index (κ2) is 13.0. The predicted octanol–water partition coefficient (Wildman–Crippen LogP) is 15.5. The van der Waals surface area contributed by atoms with Gasteiger partial charge in [0.25, 0.3) is 0 Å². The van der Waals surface area contributed by atoms with Crippen LogP contribution in [0.1, 0.15) is 25.0 Å². The molecule has 0 atom stereocenters. The Morgan fingerprint density at radius 1 is 0.386 bits per heavy atom. The highest BCUT2D eigenvalue weighted by Crippen LogP contribution is 2.59. The van der Waals surface area contributed by atoms with Gasteiger partial charge >= 0.3 is 0 Å². The highest BCUT2D eigenvalue weighted by molar-refractivity contribution is 6.16. The van der Waals surface area contributed by atoms with Gasteiger partial charge in [0.1, 0.15) is 11.2 Å². The highest BCUT2D eigenvalue weighted by atomic mass is 16.3. The quantitative estimate of drug-likeness (QED) is 0.169. The lowest BCUT2D eigenvalue weighted by Crippen LogP contribution is -2.17. The van der Waals surface area contributed by atoms with E-state index >= 15 is 0 Å². The molecule has 1 aromatic heterocycles. The average molecular weight is 730 g/mol. The van der Waals surface area contributed by atoms with Crippen LogP contribution in [-0.2, 0) is 5.41 Å². The van der Waals surface area contributed by atoms with Crippen molar-refractivity contribution < 1.29 is 4.42 Å². The summed E-state index contributed by atoms with van der Waals surface area (Å²) < 4.78 is 6.49. The molecule has 57 heavy (non-hydrogen) atoms. The summed E-state index contributed by atoms with van der Waals surface area (Å²) in [6, 6.07) is 72.5. The summed E-state index contributed by atoms with van der Waals surface area (Å²) in [5.41, 5.74) is 17.4. The van der Waals surface area contributed by atoms with Crippen molar-refractivity contribution in [3.8, 4) is 44.5 Å². The van der Waals surface area contributed by atoms with E-state index in [2.05, 4.69) is 207 Å². The standard InChI is InChI=1S/C55H39NO/c1-55(2)48-26-13-11-23-47(48)51-50(39-18-7-4-8-19-39)53(45-22-10-9-21-44(45)52(51)55)56(40-32-28-37(29-33-40)36-16-5-3-6-17-36)41-34-30-38(31-35-41)42-24-15-25-46-43-20-12-14-27-49(43)57-54(42)46/h3-35H,1-2H3. The van der Waals surface area contributed by atoms with Crippen molar-refractivity contribution in [2.45, 2.75) is 19.3 Å². The lowest BCUT2D eigenvalue weighted by Gasteiger charge is -2.32. The normalized spacial score (nSPS) is 12.9. The maximum atomic E-state index is 6.49. The maximum Gasteiger partial charge on any atom is 0.143 e. The van der Waals surface area contributed by atoms with Crippen molar-refractivity contribution >= 4 is 49.8 Å². The topological polar surface area (TPSA) is 16.4 Å². The molecule has 0 unspecified atom stereocenters. The number of nitrogens with zero attached hydrogens (tertiary/aromatic N) is 1. The van der Waals surface area contributed by atoms with Crippen molar-refractivity contribution in [2.75, 3.05) is 4.90 Å². The van der Waals surface area contributed by atoms with E-state index in [0.29, 0.717) is 0 Å². The summed E-state index contributed by atoms with van der Waals surface area (Å²) >= 11 is 0. The van der Waals surface area contributed by atoms with Crippen LogP contribution in [0.4, 0.5) is 17.1 Å². The van der Waals surface area contributed by atoms with E-state index in [1.807, 2.05) is 12.1 Å². The molecule has 11 rings (SSSR count). The number of fused-ring (bicyclic) bond motifs is 8. The van der Waals surface area contributed by atoms with Gasteiger partial charge in [-0.3, -0.25) is 0 Å². The molecule has 0 saturated carbocycles. The van der Waals surface area contributed by atoms with E-state index in [-0.39, 0.29) is 5.41 Å². The third-order valence-corrected chi connectivity index (χ3v) is 12.0. The molecule has 0 saturated heterocycles. The second-order valence-electron chi connectivity index (χ2n) is 15.6. The van der Waals surface area contributed by atoms with Crippen molar-refractivity contribution in [1.82, 2.24) is 0 Å². The van der Waals surface area contributed by atoms with Gasteiger partial charge in [-0.05, 0) is 80.2 Å². The molecule has 1 aliphatic rings. The average Bonchev–Trinajstić information content (AvgIpc) is 3.77. The van der Waals surface area contributed by atoms with Gasteiger partial charge in [0.15, 0.2) is 0 Å². The minimum Gasteiger partial charge on any atom is -0.455 e. The van der Waals surface area contributed by atoms with Crippen LogP contribution in [0.2, 0.25) is 0 Å². The zero-order valence-electron chi connectivity index (χ0n) is 31.9. The van der Waals surface area contributed by atoms with E-state index in [9.17, 15) is 0 Å². The predicted molar refractivity (Wildman–Crippen MR) is 240 cm³/mol. The molecule has 10 aromatic rings. The van der Waals surface area contributed by atoms with Crippen LogP contribution in [-0.4, -0.2) is 0 Å². The van der Waals surface area contributed by atoms with E-state index in [4.69, 9.17) is 4.42 Å². The van der Waals surface area contributed by atoms with Gasteiger partial charge in [-0.1, -0.05) is 184 Å². The molecule has 1 aliphatic carbocycles. The molecule has 0 N–H and O–H groups in total. The number of benzene rings is 9. The lowest BCUT2D eigenvalue weighted by molar-refractivity contribution is 0.666. The van der Waals surface area contributed by atoms with Crippen LogP contribution < -0.4 is 4.90 Å². The van der Waals surface area contributed by atoms with E-state index in [1.54, 1.807) is 0 Å².